The van der Waals surface area contributed by atoms with Gasteiger partial charge in [0.2, 0.25) is 0 Å². The van der Waals surface area contributed by atoms with E-state index in [1.807, 2.05) is 6.92 Å². The average Bonchev–Trinajstić information content (AvgIpc) is 2.43. The summed E-state index contributed by atoms with van der Waals surface area (Å²) in [7, 11) is 1.61. The normalized spacial score (nSPS) is 12.3. The van der Waals surface area contributed by atoms with Gasteiger partial charge in [0.25, 0.3) is 5.91 Å². The van der Waals surface area contributed by atoms with Gasteiger partial charge in [-0.25, -0.2) is 4.79 Å². The number of carbonyl (C=O) groups excluding carboxylic acids is 1. The lowest BCUT2D eigenvalue weighted by Crippen LogP contribution is -2.33. The van der Waals surface area contributed by atoms with Crippen LogP contribution in [0.3, 0.4) is 0 Å². The Kier molecular flexibility index (Phi) is 6.39. The van der Waals surface area contributed by atoms with Crippen molar-refractivity contribution in [1.82, 2.24) is 10.3 Å². The van der Waals surface area contributed by atoms with Gasteiger partial charge in [0.15, 0.2) is 0 Å². The van der Waals surface area contributed by atoms with Crippen molar-refractivity contribution >= 4 is 18.0 Å². The second-order valence-corrected chi connectivity index (χ2v) is 4.33. The minimum Gasteiger partial charge on any atom is -0.478 e. The molecule has 108 valence electrons. The van der Waals surface area contributed by atoms with Crippen molar-refractivity contribution in [1.29, 1.82) is 0 Å². The van der Waals surface area contributed by atoms with E-state index in [0.717, 1.165) is 6.08 Å². The smallest absolute Gasteiger partial charge is 0.328 e. The highest BCUT2D eigenvalue weighted by Crippen LogP contribution is 2.06. The zero-order chi connectivity index (χ0) is 15.0. The van der Waals surface area contributed by atoms with Crippen molar-refractivity contribution in [3.05, 3.63) is 35.7 Å². The summed E-state index contributed by atoms with van der Waals surface area (Å²) in [5.74, 6) is -1.29. The molecular formula is C14H18N2O4. The molecule has 1 heterocycles. The largest absolute Gasteiger partial charge is 0.478 e. The van der Waals surface area contributed by atoms with E-state index in [2.05, 4.69) is 10.3 Å². The lowest BCUT2D eigenvalue weighted by molar-refractivity contribution is -0.131. The predicted octanol–water partition coefficient (Wildman–Crippen LogP) is 1.33. The highest BCUT2D eigenvalue weighted by molar-refractivity contribution is 5.95. The van der Waals surface area contributed by atoms with Crippen molar-refractivity contribution < 1.29 is 19.4 Å². The molecule has 20 heavy (non-hydrogen) atoms. The Balaban J connectivity index is 2.68. The quantitative estimate of drug-likeness (QED) is 0.735. The van der Waals surface area contributed by atoms with Crippen LogP contribution in [0.4, 0.5) is 0 Å². The molecule has 1 unspecified atom stereocenters. The number of pyridine rings is 1. The first-order chi connectivity index (χ1) is 9.52. The first kappa shape index (κ1) is 15.8. The molecule has 2 N–H and O–H groups in total. The van der Waals surface area contributed by atoms with Crippen molar-refractivity contribution in [2.45, 2.75) is 19.4 Å². The maximum Gasteiger partial charge on any atom is 0.328 e. The lowest BCUT2D eigenvalue weighted by Gasteiger charge is -2.13. The van der Waals surface area contributed by atoms with Gasteiger partial charge < -0.3 is 15.2 Å². The zero-order valence-corrected chi connectivity index (χ0v) is 11.5. The Morgan fingerprint density at radius 2 is 2.25 bits per heavy atom. The number of hydrogen-bond acceptors (Lipinski definition) is 4. The van der Waals surface area contributed by atoms with Gasteiger partial charge in [-0.15, -0.1) is 0 Å². The number of hydrogen-bond donors (Lipinski definition) is 2. The van der Waals surface area contributed by atoms with Crippen LogP contribution in [0, 0.1) is 0 Å². The molecule has 1 aromatic heterocycles. The second kappa shape index (κ2) is 8.06. The van der Waals surface area contributed by atoms with E-state index in [1.165, 1.54) is 18.5 Å². The molecule has 0 bridgehead atoms. The molecule has 0 aliphatic heterocycles. The molecule has 1 aromatic rings. The van der Waals surface area contributed by atoms with Crippen molar-refractivity contribution in [2.75, 3.05) is 13.7 Å². The Labute approximate surface area is 117 Å². The third kappa shape index (κ3) is 5.62. The molecule has 0 saturated heterocycles. The Morgan fingerprint density at radius 1 is 1.50 bits per heavy atom. The molecule has 0 aliphatic carbocycles. The fourth-order valence-electron chi connectivity index (χ4n) is 1.51. The molecule has 0 fully saturated rings. The predicted molar refractivity (Wildman–Crippen MR) is 74.3 cm³/mol. The van der Waals surface area contributed by atoms with Crippen LogP contribution < -0.4 is 5.32 Å². The number of aliphatic carboxylic acids is 1. The molecule has 1 amide bonds. The molecule has 6 nitrogen and oxygen atoms in total. The highest BCUT2D eigenvalue weighted by Gasteiger charge is 2.10. The maximum atomic E-state index is 12.0. The van der Waals surface area contributed by atoms with E-state index in [9.17, 15) is 9.59 Å². The average molecular weight is 278 g/mol. The van der Waals surface area contributed by atoms with E-state index in [0.29, 0.717) is 24.2 Å². The molecule has 0 aromatic carbocycles. The van der Waals surface area contributed by atoms with Gasteiger partial charge in [-0.2, -0.15) is 0 Å². The molecular weight excluding hydrogens is 260 g/mol. The fourth-order valence-corrected chi connectivity index (χ4v) is 1.51. The number of carboxylic acid groups (broad SMARTS) is 1. The van der Waals surface area contributed by atoms with Crippen LogP contribution >= 0.6 is 0 Å². The molecule has 0 aliphatic rings. The summed E-state index contributed by atoms with van der Waals surface area (Å²) in [6.07, 6.45) is 6.04. The van der Waals surface area contributed by atoms with Gasteiger partial charge in [-0.05, 0) is 31.1 Å². The van der Waals surface area contributed by atoms with Gasteiger partial charge in [0.1, 0.15) is 0 Å². The van der Waals surface area contributed by atoms with E-state index in [-0.39, 0.29) is 11.9 Å². The van der Waals surface area contributed by atoms with Gasteiger partial charge >= 0.3 is 5.97 Å². The van der Waals surface area contributed by atoms with Crippen LogP contribution in [0.1, 0.15) is 29.3 Å². The van der Waals surface area contributed by atoms with E-state index in [4.69, 9.17) is 9.84 Å². The van der Waals surface area contributed by atoms with Crippen LogP contribution in [0.5, 0.6) is 0 Å². The Hall–Kier alpha value is -2.21. The first-order valence-corrected chi connectivity index (χ1v) is 6.18. The molecule has 1 atom stereocenters. The summed E-state index contributed by atoms with van der Waals surface area (Å²) in [5, 5.41) is 11.4. The van der Waals surface area contributed by atoms with Crippen LogP contribution in [-0.2, 0) is 9.53 Å². The molecule has 0 spiro atoms. The number of carboxylic acids is 1. The van der Waals surface area contributed by atoms with Gasteiger partial charge in [0, 0.05) is 38.2 Å². The van der Waals surface area contributed by atoms with Crippen molar-refractivity contribution in [3.8, 4) is 0 Å². The number of methoxy groups -OCH3 is 1. The molecule has 0 saturated carbocycles. The number of carbonyl (C=O) groups is 2. The van der Waals surface area contributed by atoms with Crippen LogP contribution in [0.15, 0.2) is 24.5 Å². The number of aromatic nitrogens is 1. The topological polar surface area (TPSA) is 88.5 Å². The van der Waals surface area contributed by atoms with Gasteiger partial charge in [0.05, 0.1) is 5.56 Å². The maximum absolute atomic E-state index is 12.0. The van der Waals surface area contributed by atoms with Crippen LogP contribution in [0.25, 0.3) is 6.08 Å². The number of ether oxygens (including phenoxy) is 1. The lowest BCUT2D eigenvalue weighted by atomic mass is 10.1. The van der Waals surface area contributed by atoms with Gasteiger partial charge in [-0.3, -0.25) is 9.78 Å². The van der Waals surface area contributed by atoms with Crippen molar-refractivity contribution in [2.24, 2.45) is 0 Å². The third-order valence-corrected chi connectivity index (χ3v) is 2.57. The Bertz CT molecular complexity index is 500. The third-order valence-electron chi connectivity index (χ3n) is 2.57. The molecule has 1 rings (SSSR count). The van der Waals surface area contributed by atoms with E-state index < -0.39 is 5.97 Å². The summed E-state index contributed by atoms with van der Waals surface area (Å²) in [6.45, 7) is 2.46. The number of nitrogens with zero attached hydrogens (tertiary/aromatic N) is 1. The van der Waals surface area contributed by atoms with Crippen molar-refractivity contribution in [3.63, 3.8) is 0 Å². The minimum atomic E-state index is -1.05. The van der Waals surface area contributed by atoms with E-state index >= 15 is 0 Å². The van der Waals surface area contributed by atoms with Crippen LogP contribution in [-0.4, -0.2) is 41.7 Å². The van der Waals surface area contributed by atoms with Crippen LogP contribution in [0.2, 0.25) is 0 Å². The highest BCUT2D eigenvalue weighted by atomic mass is 16.5. The fraction of sp³-hybridized carbons (Fsp3) is 0.357. The first-order valence-electron chi connectivity index (χ1n) is 6.18. The number of amides is 1. The minimum absolute atomic E-state index is 0.0133. The second-order valence-electron chi connectivity index (χ2n) is 4.33. The standard InChI is InChI=1S/C14H18N2O4/c1-10(5-6-20-2)16-14(19)12-7-11(8-15-9-12)3-4-13(17)18/h3-4,7-10H,5-6H2,1-2H3,(H,16,19)(H,17,18). The summed E-state index contributed by atoms with van der Waals surface area (Å²) in [4.78, 5) is 26.3. The summed E-state index contributed by atoms with van der Waals surface area (Å²) in [5.41, 5.74) is 0.950. The van der Waals surface area contributed by atoms with Gasteiger partial charge in [-0.1, -0.05) is 0 Å². The summed E-state index contributed by atoms with van der Waals surface area (Å²) in [6, 6.07) is 1.57. The SMILES string of the molecule is COCCC(C)NC(=O)c1cncc(C=CC(=O)O)c1. The zero-order valence-electron chi connectivity index (χ0n) is 11.5. The Morgan fingerprint density at radius 3 is 2.90 bits per heavy atom. The van der Waals surface area contributed by atoms with E-state index in [1.54, 1.807) is 13.2 Å². The molecule has 6 heteroatoms. The monoisotopic (exact) mass is 278 g/mol. The number of rotatable bonds is 7. The molecule has 0 radical (unpaired) electrons. The summed E-state index contributed by atoms with van der Waals surface area (Å²) < 4.78 is 4.94. The summed E-state index contributed by atoms with van der Waals surface area (Å²) >= 11 is 0. The number of nitrogens with one attached hydrogen (secondary N) is 1.